The molecule has 1 aromatic heterocycles. The maximum atomic E-state index is 10.5. The molecule has 4 heteroatoms. The fourth-order valence-corrected chi connectivity index (χ4v) is 1.62. The molecule has 2 rings (SSSR count). The number of benzene rings is 1. The lowest BCUT2D eigenvalue weighted by molar-refractivity contribution is 0.112. The summed E-state index contributed by atoms with van der Waals surface area (Å²) in [6.07, 6.45) is 2.40. The van der Waals surface area contributed by atoms with Crippen LogP contribution < -0.4 is 0 Å². The molecule has 0 atom stereocenters. The minimum atomic E-state index is 0.620. The number of carbonyl (C=O) groups excluding carboxylic acids is 1. The second-order valence-electron chi connectivity index (χ2n) is 2.39. The van der Waals surface area contributed by atoms with Gasteiger partial charge in [0.1, 0.15) is 5.52 Å². The molecule has 0 aliphatic carbocycles. The molecule has 0 aliphatic rings. The summed E-state index contributed by atoms with van der Waals surface area (Å²) < 4.78 is 0.747. The normalized spacial score (nSPS) is 10.4. The van der Waals surface area contributed by atoms with Gasteiger partial charge in [-0.2, -0.15) is 0 Å². The monoisotopic (exact) mass is 224 g/mol. The predicted octanol–water partition coefficient (Wildman–Crippen LogP) is 2.14. The van der Waals surface area contributed by atoms with Gasteiger partial charge in [0.2, 0.25) is 0 Å². The minimum absolute atomic E-state index is 0.620. The fraction of sp³-hybridized carbons (Fsp3) is 0. The fourth-order valence-electron chi connectivity index (χ4n) is 1.08. The van der Waals surface area contributed by atoms with Crippen molar-refractivity contribution in [2.24, 2.45) is 0 Å². The Balaban J connectivity index is 2.86. The van der Waals surface area contributed by atoms with E-state index in [1.807, 2.05) is 6.07 Å². The Kier molecular flexibility index (Phi) is 1.69. The standard InChI is InChI=1S/C8H5BrN2O/c9-7-5(3-12)1-2-6-8(7)11-4-10-6/h1-4H,(H,10,11). The van der Waals surface area contributed by atoms with E-state index in [0.717, 1.165) is 21.8 Å². The summed E-state index contributed by atoms with van der Waals surface area (Å²) in [6, 6.07) is 3.58. The first-order chi connectivity index (χ1) is 5.83. The highest BCUT2D eigenvalue weighted by molar-refractivity contribution is 9.10. The first kappa shape index (κ1) is 7.49. The highest BCUT2D eigenvalue weighted by Crippen LogP contribution is 2.23. The van der Waals surface area contributed by atoms with E-state index in [-0.39, 0.29) is 0 Å². The number of aldehydes is 1. The number of hydrogen-bond acceptors (Lipinski definition) is 2. The van der Waals surface area contributed by atoms with E-state index in [4.69, 9.17) is 0 Å². The molecule has 0 unspecified atom stereocenters. The van der Waals surface area contributed by atoms with Crippen LogP contribution in [-0.4, -0.2) is 16.3 Å². The Labute approximate surface area is 76.9 Å². The quantitative estimate of drug-likeness (QED) is 0.755. The molecule has 0 bridgehead atoms. The number of nitrogens with one attached hydrogen (secondary N) is 1. The van der Waals surface area contributed by atoms with Crippen molar-refractivity contribution < 1.29 is 4.79 Å². The van der Waals surface area contributed by atoms with Crippen molar-refractivity contribution in [1.29, 1.82) is 0 Å². The first-order valence-corrected chi connectivity index (χ1v) is 4.19. The van der Waals surface area contributed by atoms with Crippen LogP contribution in [0.1, 0.15) is 10.4 Å². The van der Waals surface area contributed by atoms with E-state index in [9.17, 15) is 4.79 Å². The van der Waals surface area contributed by atoms with Crippen LogP contribution >= 0.6 is 15.9 Å². The Bertz CT molecular complexity index is 436. The van der Waals surface area contributed by atoms with Crippen LogP contribution in [0, 0.1) is 0 Å². The number of H-pyrrole nitrogens is 1. The molecule has 0 amide bonds. The van der Waals surface area contributed by atoms with Crippen molar-refractivity contribution >= 4 is 33.2 Å². The van der Waals surface area contributed by atoms with E-state index in [1.165, 1.54) is 0 Å². The Morgan fingerprint density at radius 2 is 2.33 bits per heavy atom. The number of rotatable bonds is 1. The van der Waals surface area contributed by atoms with E-state index >= 15 is 0 Å². The van der Waals surface area contributed by atoms with Crippen molar-refractivity contribution in [3.63, 3.8) is 0 Å². The van der Waals surface area contributed by atoms with Crippen molar-refractivity contribution in [2.75, 3.05) is 0 Å². The van der Waals surface area contributed by atoms with Gasteiger partial charge < -0.3 is 4.98 Å². The van der Waals surface area contributed by atoms with Gasteiger partial charge in [-0.15, -0.1) is 0 Å². The zero-order valence-corrected chi connectivity index (χ0v) is 7.63. The molecule has 0 saturated carbocycles. The van der Waals surface area contributed by atoms with Crippen molar-refractivity contribution in [1.82, 2.24) is 9.97 Å². The van der Waals surface area contributed by atoms with Gasteiger partial charge in [-0.25, -0.2) is 4.98 Å². The Morgan fingerprint density at radius 1 is 1.50 bits per heavy atom. The van der Waals surface area contributed by atoms with E-state index in [1.54, 1.807) is 12.4 Å². The third kappa shape index (κ3) is 0.956. The molecule has 1 heterocycles. The number of nitrogens with zero attached hydrogens (tertiary/aromatic N) is 1. The lowest BCUT2D eigenvalue weighted by Gasteiger charge is -1.95. The van der Waals surface area contributed by atoms with Gasteiger partial charge in [0.15, 0.2) is 6.29 Å². The second kappa shape index (κ2) is 2.71. The van der Waals surface area contributed by atoms with E-state index in [0.29, 0.717) is 5.56 Å². The largest absolute Gasteiger partial charge is 0.345 e. The summed E-state index contributed by atoms with van der Waals surface area (Å²) in [6.45, 7) is 0. The minimum Gasteiger partial charge on any atom is -0.345 e. The molecule has 12 heavy (non-hydrogen) atoms. The summed E-state index contributed by atoms with van der Waals surface area (Å²) in [4.78, 5) is 17.5. The van der Waals surface area contributed by atoms with Crippen LogP contribution in [0.25, 0.3) is 11.0 Å². The van der Waals surface area contributed by atoms with Crippen molar-refractivity contribution in [3.8, 4) is 0 Å². The zero-order chi connectivity index (χ0) is 8.55. The summed E-state index contributed by atoms with van der Waals surface area (Å²) in [5.41, 5.74) is 2.33. The van der Waals surface area contributed by atoms with Crippen LogP contribution in [0.2, 0.25) is 0 Å². The van der Waals surface area contributed by atoms with Crippen LogP contribution in [0.3, 0.4) is 0 Å². The summed E-state index contributed by atoms with van der Waals surface area (Å²) in [5.74, 6) is 0. The number of aromatic amines is 1. The molecule has 60 valence electrons. The zero-order valence-electron chi connectivity index (χ0n) is 6.04. The molecule has 1 N–H and O–H groups in total. The van der Waals surface area contributed by atoms with E-state index in [2.05, 4.69) is 25.9 Å². The third-order valence-corrected chi connectivity index (χ3v) is 2.52. The molecule has 1 aromatic carbocycles. The average Bonchev–Trinajstić information content (AvgIpc) is 2.53. The maximum Gasteiger partial charge on any atom is 0.151 e. The molecular weight excluding hydrogens is 220 g/mol. The SMILES string of the molecule is O=Cc1ccc2[nH]cnc2c1Br. The topological polar surface area (TPSA) is 45.8 Å². The van der Waals surface area contributed by atoms with Crippen LogP contribution in [0.15, 0.2) is 22.9 Å². The number of fused-ring (bicyclic) bond motifs is 1. The smallest absolute Gasteiger partial charge is 0.151 e. The molecule has 0 fully saturated rings. The van der Waals surface area contributed by atoms with Gasteiger partial charge >= 0.3 is 0 Å². The van der Waals surface area contributed by atoms with Gasteiger partial charge in [-0.1, -0.05) is 0 Å². The molecule has 3 nitrogen and oxygen atoms in total. The highest BCUT2D eigenvalue weighted by atomic mass is 79.9. The number of hydrogen-bond donors (Lipinski definition) is 1. The van der Waals surface area contributed by atoms with Gasteiger partial charge in [0.25, 0.3) is 0 Å². The van der Waals surface area contributed by atoms with Crippen LogP contribution in [-0.2, 0) is 0 Å². The van der Waals surface area contributed by atoms with Crippen LogP contribution in [0.4, 0.5) is 0 Å². The molecule has 0 radical (unpaired) electrons. The van der Waals surface area contributed by atoms with Gasteiger partial charge in [-0.3, -0.25) is 4.79 Å². The van der Waals surface area contributed by atoms with Crippen molar-refractivity contribution in [2.45, 2.75) is 0 Å². The Hall–Kier alpha value is -1.16. The highest BCUT2D eigenvalue weighted by Gasteiger charge is 2.05. The summed E-state index contributed by atoms with van der Waals surface area (Å²) in [5, 5.41) is 0. The first-order valence-electron chi connectivity index (χ1n) is 3.39. The number of aromatic nitrogens is 2. The van der Waals surface area contributed by atoms with Crippen LogP contribution in [0.5, 0.6) is 0 Å². The predicted molar refractivity (Wildman–Crippen MR) is 49.2 cm³/mol. The third-order valence-electron chi connectivity index (χ3n) is 1.69. The van der Waals surface area contributed by atoms with E-state index < -0.39 is 0 Å². The molecule has 2 aromatic rings. The lowest BCUT2D eigenvalue weighted by Crippen LogP contribution is -1.82. The number of halogens is 1. The molecule has 0 spiro atoms. The molecular formula is C8H5BrN2O. The van der Waals surface area contributed by atoms with Crippen molar-refractivity contribution in [3.05, 3.63) is 28.5 Å². The second-order valence-corrected chi connectivity index (χ2v) is 3.18. The number of carbonyl (C=O) groups is 1. The summed E-state index contributed by atoms with van der Waals surface area (Å²) in [7, 11) is 0. The number of imidazole rings is 1. The van der Waals surface area contributed by atoms with Gasteiger partial charge in [-0.05, 0) is 28.1 Å². The van der Waals surface area contributed by atoms with Gasteiger partial charge in [0, 0.05) is 5.56 Å². The van der Waals surface area contributed by atoms with Gasteiger partial charge in [0.05, 0.1) is 16.3 Å². The molecule has 0 saturated heterocycles. The summed E-state index contributed by atoms with van der Waals surface area (Å²) >= 11 is 3.31. The Morgan fingerprint density at radius 3 is 3.08 bits per heavy atom. The maximum absolute atomic E-state index is 10.5. The lowest BCUT2D eigenvalue weighted by atomic mass is 10.2. The molecule has 0 aliphatic heterocycles. The average molecular weight is 225 g/mol.